The topological polar surface area (TPSA) is 53.1 Å². The summed E-state index contributed by atoms with van der Waals surface area (Å²) >= 11 is 0. The lowest BCUT2D eigenvalue weighted by atomic mass is 9.89. The minimum Gasteiger partial charge on any atom is -0.468 e. The van der Waals surface area contributed by atoms with E-state index in [-0.39, 0.29) is 6.10 Å². The van der Waals surface area contributed by atoms with E-state index >= 15 is 0 Å². The monoisotopic (exact) mass is 257 g/mol. The normalized spacial score (nSPS) is 18.1. The van der Waals surface area contributed by atoms with Gasteiger partial charge in [-0.05, 0) is 37.3 Å². The van der Waals surface area contributed by atoms with E-state index in [4.69, 9.17) is 10.5 Å². The Bertz CT molecular complexity index is 603. The Hall–Kier alpha value is -1.97. The van der Waals surface area contributed by atoms with Crippen LogP contribution in [0.1, 0.15) is 35.8 Å². The number of rotatable bonds is 2. The highest BCUT2D eigenvalue weighted by Gasteiger charge is 2.24. The molecule has 19 heavy (non-hydrogen) atoms. The molecular weight excluding hydrogens is 238 g/mol. The van der Waals surface area contributed by atoms with Crippen molar-refractivity contribution in [3.8, 4) is 5.88 Å². The summed E-state index contributed by atoms with van der Waals surface area (Å²) < 4.78 is 7.86. The minimum atomic E-state index is 0.0852. The van der Waals surface area contributed by atoms with Crippen molar-refractivity contribution in [1.82, 2.24) is 9.78 Å². The summed E-state index contributed by atoms with van der Waals surface area (Å²) in [6.45, 7) is 1.90. The number of fused-ring (bicyclic) bond motifs is 1. The van der Waals surface area contributed by atoms with E-state index in [0.717, 1.165) is 25.0 Å². The van der Waals surface area contributed by atoms with Crippen molar-refractivity contribution in [2.24, 2.45) is 7.05 Å². The molecule has 1 aliphatic carbocycles. The molecule has 0 aliphatic heterocycles. The van der Waals surface area contributed by atoms with Crippen molar-refractivity contribution in [2.75, 3.05) is 5.73 Å². The number of hydrogen-bond acceptors (Lipinski definition) is 3. The van der Waals surface area contributed by atoms with E-state index in [1.165, 1.54) is 11.1 Å². The van der Waals surface area contributed by atoms with Gasteiger partial charge in [-0.15, -0.1) is 0 Å². The zero-order chi connectivity index (χ0) is 13.4. The molecule has 4 nitrogen and oxygen atoms in total. The maximum absolute atomic E-state index is 6.14. The SMILES string of the molecule is Cc1nn(C)c(OC2CCCc3ccccc32)c1N. The Balaban J connectivity index is 1.93. The standard InChI is InChI=1S/C15H19N3O/c1-10-14(16)15(18(2)17-10)19-13-9-5-7-11-6-3-4-8-12(11)13/h3-4,6,8,13H,5,7,9,16H2,1-2H3. The van der Waals surface area contributed by atoms with Crippen LogP contribution in [0, 0.1) is 6.92 Å². The lowest BCUT2D eigenvalue weighted by molar-refractivity contribution is 0.169. The van der Waals surface area contributed by atoms with Crippen LogP contribution < -0.4 is 10.5 Å². The number of benzene rings is 1. The Morgan fingerprint density at radius 1 is 1.37 bits per heavy atom. The molecule has 0 saturated heterocycles. The molecule has 3 rings (SSSR count). The van der Waals surface area contributed by atoms with Gasteiger partial charge in [0.05, 0.1) is 5.69 Å². The number of nitrogen functional groups attached to an aromatic ring is 1. The van der Waals surface area contributed by atoms with Crippen LogP contribution in [-0.4, -0.2) is 9.78 Å². The van der Waals surface area contributed by atoms with Crippen molar-refractivity contribution in [2.45, 2.75) is 32.3 Å². The summed E-state index contributed by atoms with van der Waals surface area (Å²) in [5.74, 6) is 0.680. The molecule has 2 aromatic rings. The fourth-order valence-electron chi connectivity index (χ4n) is 2.76. The van der Waals surface area contributed by atoms with Crippen LogP contribution in [0.2, 0.25) is 0 Å². The molecule has 1 unspecified atom stereocenters. The van der Waals surface area contributed by atoms with Gasteiger partial charge in [-0.3, -0.25) is 0 Å². The molecule has 0 fully saturated rings. The average molecular weight is 257 g/mol. The third-order valence-electron chi connectivity index (χ3n) is 3.78. The van der Waals surface area contributed by atoms with Crippen LogP contribution in [0.4, 0.5) is 5.69 Å². The summed E-state index contributed by atoms with van der Waals surface area (Å²) in [5.41, 5.74) is 10.2. The zero-order valence-electron chi connectivity index (χ0n) is 11.4. The molecular formula is C15H19N3O. The second-order valence-corrected chi connectivity index (χ2v) is 5.13. The lowest BCUT2D eigenvalue weighted by Gasteiger charge is -2.26. The highest BCUT2D eigenvalue weighted by atomic mass is 16.5. The number of hydrogen-bond donors (Lipinski definition) is 1. The third-order valence-corrected chi connectivity index (χ3v) is 3.78. The Kier molecular flexibility index (Phi) is 2.93. The summed E-state index contributed by atoms with van der Waals surface area (Å²) in [6.07, 6.45) is 3.40. The number of anilines is 1. The first-order chi connectivity index (χ1) is 9.16. The van der Waals surface area contributed by atoms with Crippen molar-refractivity contribution < 1.29 is 4.74 Å². The van der Waals surface area contributed by atoms with E-state index < -0.39 is 0 Å². The van der Waals surface area contributed by atoms with Crippen molar-refractivity contribution in [1.29, 1.82) is 0 Å². The Labute approximate surface area is 113 Å². The van der Waals surface area contributed by atoms with Gasteiger partial charge in [0, 0.05) is 7.05 Å². The van der Waals surface area contributed by atoms with Crippen LogP contribution in [0.25, 0.3) is 0 Å². The Morgan fingerprint density at radius 2 is 2.16 bits per heavy atom. The second kappa shape index (κ2) is 4.61. The molecule has 100 valence electrons. The van der Waals surface area contributed by atoms with Gasteiger partial charge >= 0.3 is 0 Å². The summed E-state index contributed by atoms with van der Waals surface area (Å²) in [4.78, 5) is 0. The zero-order valence-corrected chi connectivity index (χ0v) is 11.4. The van der Waals surface area contributed by atoms with Crippen molar-refractivity contribution >= 4 is 5.69 Å². The maximum Gasteiger partial charge on any atom is 0.236 e. The smallest absolute Gasteiger partial charge is 0.236 e. The first kappa shape index (κ1) is 12.1. The van der Waals surface area contributed by atoms with Crippen LogP contribution in [0.5, 0.6) is 5.88 Å². The highest BCUT2D eigenvalue weighted by molar-refractivity contribution is 5.52. The number of aryl methyl sites for hydroxylation is 3. The van der Waals surface area contributed by atoms with Crippen molar-refractivity contribution in [3.05, 3.63) is 41.1 Å². The summed E-state index contributed by atoms with van der Waals surface area (Å²) in [6, 6.07) is 8.49. The fraction of sp³-hybridized carbons (Fsp3) is 0.400. The molecule has 0 bridgehead atoms. The highest BCUT2D eigenvalue weighted by Crippen LogP contribution is 2.35. The van der Waals surface area contributed by atoms with Gasteiger partial charge in [-0.1, -0.05) is 24.3 Å². The van der Waals surface area contributed by atoms with Gasteiger partial charge in [-0.2, -0.15) is 5.10 Å². The van der Waals surface area contributed by atoms with Gasteiger partial charge in [0.1, 0.15) is 11.8 Å². The van der Waals surface area contributed by atoms with Gasteiger partial charge in [0.2, 0.25) is 5.88 Å². The molecule has 0 saturated carbocycles. The van der Waals surface area contributed by atoms with E-state index in [0.29, 0.717) is 11.6 Å². The average Bonchev–Trinajstić information content (AvgIpc) is 2.66. The van der Waals surface area contributed by atoms with Crippen molar-refractivity contribution in [3.63, 3.8) is 0 Å². The molecule has 0 radical (unpaired) electrons. The molecule has 2 N–H and O–H groups in total. The molecule has 1 aromatic carbocycles. The van der Waals surface area contributed by atoms with E-state index in [1.54, 1.807) is 4.68 Å². The number of nitrogens with two attached hydrogens (primary N) is 1. The molecule has 4 heteroatoms. The minimum absolute atomic E-state index is 0.0852. The molecule has 0 amide bonds. The third kappa shape index (κ3) is 2.07. The van der Waals surface area contributed by atoms with Crippen LogP contribution in [-0.2, 0) is 13.5 Å². The quantitative estimate of drug-likeness (QED) is 0.900. The molecule has 1 heterocycles. The van der Waals surface area contributed by atoms with Crippen LogP contribution in [0.3, 0.4) is 0 Å². The number of aromatic nitrogens is 2. The Morgan fingerprint density at radius 3 is 2.89 bits per heavy atom. The van der Waals surface area contributed by atoms with Gasteiger partial charge < -0.3 is 10.5 Å². The summed E-state index contributed by atoms with van der Waals surface area (Å²) in [5, 5.41) is 4.30. The lowest BCUT2D eigenvalue weighted by Crippen LogP contribution is -2.16. The van der Waals surface area contributed by atoms with E-state index in [1.807, 2.05) is 14.0 Å². The molecule has 1 atom stereocenters. The van der Waals surface area contributed by atoms with Crippen LogP contribution in [0.15, 0.2) is 24.3 Å². The first-order valence-electron chi connectivity index (χ1n) is 6.70. The van der Waals surface area contributed by atoms with Crippen LogP contribution >= 0.6 is 0 Å². The predicted octanol–water partition coefficient (Wildman–Crippen LogP) is 2.77. The maximum atomic E-state index is 6.14. The van der Waals surface area contributed by atoms with E-state index in [9.17, 15) is 0 Å². The van der Waals surface area contributed by atoms with E-state index in [2.05, 4.69) is 29.4 Å². The fourth-order valence-corrected chi connectivity index (χ4v) is 2.76. The first-order valence-corrected chi connectivity index (χ1v) is 6.70. The number of nitrogens with zero attached hydrogens (tertiary/aromatic N) is 2. The summed E-state index contributed by atoms with van der Waals surface area (Å²) in [7, 11) is 1.87. The second-order valence-electron chi connectivity index (χ2n) is 5.13. The predicted molar refractivity (Wildman–Crippen MR) is 75.1 cm³/mol. The van der Waals surface area contributed by atoms with Gasteiger partial charge in [-0.25, -0.2) is 4.68 Å². The van der Waals surface area contributed by atoms with Gasteiger partial charge in [0.25, 0.3) is 0 Å². The molecule has 1 aromatic heterocycles. The number of ether oxygens (including phenoxy) is 1. The van der Waals surface area contributed by atoms with Gasteiger partial charge in [0.15, 0.2) is 0 Å². The largest absolute Gasteiger partial charge is 0.468 e. The molecule has 1 aliphatic rings. The molecule has 0 spiro atoms.